The third-order valence-electron chi connectivity index (χ3n) is 3.90. The molecule has 3 rings (SSSR count). The second-order valence-electron chi connectivity index (χ2n) is 5.56. The van der Waals surface area contributed by atoms with E-state index in [0.29, 0.717) is 31.6 Å². The molecule has 0 unspecified atom stereocenters. The van der Waals surface area contributed by atoms with E-state index in [1.165, 1.54) is 4.40 Å². The van der Waals surface area contributed by atoms with Gasteiger partial charge in [0, 0.05) is 19.3 Å². The maximum atomic E-state index is 14.4. The number of likely N-dealkylation sites (tertiary alicyclic amines) is 1. The first kappa shape index (κ1) is 14.0. The van der Waals surface area contributed by atoms with Gasteiger partial charge in [0.05, 0.1) is 6.10 Å². The van der Waals surface area contributed by atoms with Crippen LogP contribution in [0, 0.1) is 12.9 Å². The molecule has 6 heteroatoms. The summed E-state index contributed by atoms with van der Waals surface area (Å²) in [6.45, 7) is 2.82. The lowest BCUT2D eigenvalue weighted by Crippen LogP contribution is -2.33. The van der Waals surface area contributed by atoms with Gasteiger partial charge in [0.1, 0.15) is 5.65 Å². The predicted octanol–water partition coefficient (Wildman–Crippen LogP) is 1.77. The van der Waals surface area contributed by atoms with Crippen molar-refractivity contribution in [3.63, 3.8) is 0 Å². The van der Waals surface area contributed by atoms with Crippen LogP contribution in [0.4, 0.5) is 4.39 Å². The zero-order valence-electron chi connectivity index (χ0n) is 11.9. The minimum absolute atomic E-state index is 0.142. The summed E-state index contributed by atoms with van der Waals surface area (Å²) >= 11 is 0. The van der Waals surface area contributed by atoms with Gasteiger partial charge in [-0.15, -0.1) is 0 Å². The van der Waals surface area contributed by atoms with E-state index in [4.69, 9.17) is 0 Å². The van der Waals surface area contributed by atoms with Gasteiger partial charge in [-0.05, 0) is 37.8 Å². The van der Waals surface area contributed by atoms with Crippen LogP contribution in [-0.4, -0.2) is 44.5 Å². The van der Waals surface area contributed by atoms with Crippen molar-refractivity contribution in [2.24, 2.45) is 0 Å². The molecule has 1 fully saturated rings. The Hall–Kier alpha value is -1.95. The normalized spacial score (nSPS) is 19.8. The molecule has 2 aromatic rings. The molecule has 3 heterocycles. The van der Waals surface area contributed by atoms with Crippen molar-refractivity contribution < 1.29 is 14.3 Å². The quantitative estimate of drug-likeness (QED) is 0.871. The van der Waals surface area contributed by atoms with Crippen LogP contribution in [-0.2, 0) is 0 Å². The summed E-state index contributed by atoms with van der Waals surface area (Å²) in [5, 5.41) is 9.63. The number of carbonyl (C=O) groups excluding carboxylic acids is 1. The van der Waals surface area contributed by atoms with Crippen molar-refractivity contribution in [3.05, 3.63) is 35.5 Å². The van der Waals surface area contributed by atoms with Crippen LogP contribution >= 0.6 is 0 Å². The highest BCUT2D eigenvalue weighted by atomic mass is 19.1. The summed E-state index contributed by atoms with van der Waals surface area (Å²) in [4.78, 5) is 18.2. The highest BCUT2D eigenvalue weighted by Gasteiger charge is 2.26. The highest BCUT2D eigenvalue weighted by Crippen LogP contribution is 2.17. The number of aliphatic hydroxyl groups excluding tert-OH is 1. The topological polar surface area (TPSA) is 57.8 Å². The number of nitrogens with zero attached hydrogens (tertiary/aromatic N) is 3. The summed E-state index contributed by atoms with van der Waals surface area (Å²) < 4.78 is 15.7. The molecule has 1 atom stereocenters. The first-order valence-electron chi connectivity index (χ1n) is 7.18. The Morgan fingerprint density at radius 2 is 2.19 bits per heavy atom. The summed E-state index contributed by atoms with van der Waals surface area (Å²) in [6, 6.07) is 3.53. The first-order chi connectivity index (χ1) is 10.1. The minimum Gasteiger partial charge on any atom is -0.393 e. The molecule has 0 bridgehead atoms. The molecule has 1 N–H and O–H groups in total. The molecule has 0 saturated carbocycles. The Balaban J connectivity index is 1.92. The number of amides is 1. The van der Waals surface area contributed by atoms with Crippen LogP contribution in [0.5, 0.6) is 0 Å². The van der Waals surface area contributed by atoms with Gasteiger partial charge in [0.25, 0.3) is 5.91 Å². The summed E-state index contributed by atoms with van der Waals surface area (Å²) in [5.41, 5.74) is 1.18. The van der Waals surface area contributed by atoms with Crippen molar-refractivity contribution in [1.29, 1.82) is 0 Å². The first-order valence-corrected chi connectivity index (χ1v) is 7.18. The molecular formula is C15H18FN3O2. The second kappa shape index (κ2) is 5.44. The minimum atomic E-state index is -0.622. The average Bonchev–Trinajstić information content (AvgIpc) is 2.64. The van der Waals surface area contributed by atoms with E-state index < -0.39 is 11.9 Å². The lowest BCUT2D eigenvalue weighted by Gasteiger charge is -2.18. The number of hydrogen-bond acceptors (Lipinski definition) is 3. The number of pyridine rings is 1. The van der Waals surface area contributed by atoms with Gasteiger partial charge in [0.2, 0.25) is 5.95 Å². The van der Waals surface area contributed by atoms with E-state index >= 15 is 0 Å². The molecule has 1 saturated heterocycles. The number of aliphatic hydroxyl groups is 1. The van der Waals surface area contributed by atoms with Crippen LogP contribution < -0.4 is 0 Å². The highest BCUT2D eigenvalue weighted by molar-refractivity contribution is 5.93. The fourth-order valence-electron chi connectivity index (χ4n) is 2.69. The zero-order valence-corrected chi connectivity index (χ0v) is 11.9. The lowest BCUT2D eigenvalue weighted by atomic mass is 10.2. The Kier molecular flexibility index (Phi) is 3.63. The van der Waals surface area contributed by atoms with Gasteiger partial charge in [-0.25, -0.2) is 4.98 Å². The van der Waals surface area contributed by atoms with Crippen molar-refractivity contribution in [3.8, 4) is 0 Å². The maximum Gasteiger partial charge on any atom is 0.277 e. The third kappa shape index (κ3) is 2.63. The van der Waals surface area contributed by atoms with Crippen molar-refractivity contribution in [2.45, 2.75) is 32.3 Å². The van der Waals surface area contributed by atoms with E-state index in [2.05, 4.69) is 4.98 Å². The third-order valence-corrected chi connectivity index (χ3v) is 3.90. The molecule has 0 radical (unpaired) electrons. The van der Waals surface area contributed by atoms with E-state index in [1.54, 1.807) is 17.2 Å². The maximum absolute atomic E-state index is 14.4. The van der Waals surface area contributed by atoms with Crippen LogP contribution in [0.2, 0.25) is 0 Å². The lowest BCUT2D eigenvalue weighted by molar-refractivity contribution is 0.0742. The molecule has 1 aliphatic heterocycles. The Morgan fingerprint density at radius 3 is 3.00 bits per heavy atom. The van der Waals surface area contributed by atoms with Crippen LogP contribution in [0.1, 0.15) is 35.3 Å². The number of carbonyl (C=O) groups is 1. The molecule has 0 aromatic carbocycles. The van der Waals surface area contributed by atoms with Gasteiger partial charge < -0.3 is 10.0 Å². The summed E-state index contributed by atoms with van der Waals surface area (Å²) in [5.74, 6) is -1.02. The van der Waals surface area contributed by atoms with Crippen molar-refractivity contribution in [1.82, 2.24) is 14.3 Å². The van der Waals surface area contributed by atoms with Gasteiger partial charge in [-0.3, -0.25) is 9.20 Å². The van der Waals surface area contributed by atoms with Gasteiger partial charge in [0.15, 0.2) is 5.69 Å². The number of hydrogen-bond donors (Lipinski definition) is 1. The summed E-state index contributed by atoms with van der Waals surface area (Å²) in [6.07, 6.45) is 3.18. The van der Waals surface area contributed by atoms with Crippen molar-refractivity contribution in [2.75, 3.05) is 13.1 Å². The SMILES string of the molecule is Cc1ccc2nc(C(=O)N3CCC[C@H](O)CC3)c(F)n2c1. The van der Waals surface area contributed by atoms with E-state index in [9.17, 15) is 14.3 Å². The fraction of sp³-hybridized carbons (Fsp3) is 0.467. The zero-order chi connectivity index (χ0) is 15.0. The molecule has 2 aromatic heterocycles. The number of fused-ring (bicyclic) bond motifs is 1. The smallest absolute Gasteiger partial charge is 0.277 e. The second-order valence-corrected chi connectivity index (χ2v) is 5.56. The predicted molar refractivity (Wildman–Crippen MR) is 75.6 cm³/mol. The van der Waals surface area contributed by atoms with Gasteiger partial charge >= 0.3 is 0 Å². The Labute approximate surface area is 122 Å². The summed E-state index contributed by atoms with van der Waals surface area (Å²) in [7, 11) is 0. The fourth-order valence-corrected chi connectivity index (χ4v) is 2.69. The standard InChI is InChI=1S/C15H18FN3O2/c1-10-4-5-12-17-13(14(16)19(12)9-10)15(21)18-7-2-3-11(20)6-8-18/h4-5,9,11,20H,2-3,6-8H2,1H3/t11-/m0/s1. The molecule has 21 heavy (non-hydrogen) atoms. The largest absolute Gasteiger partial charge is 0.393 e. The van der Waals surface area contributed by atoms with Crippen LogP contribution in [0.3, 0.4) is 0 Å². The molecule has 1 amide bonds. The average molecular weight is 291 g/mol. The Morgan fingerprint density at radius 1 is 1.38 bits per heavy atom. The molecular weight excluding hydrogens is 273 g/mol. The Bertz CT molecular complexity index is 683. The molecule has 1 aliphatic rings. The molecule has 5 nitrogen and oxygen atoms in total. The van der Waals surface area contributed by atoms with Crippen molar-refractivity contribution >= 4 is 11.6 Å². The van der Waals surface area contributed by atoms with Gasteiger partial charge in [-0.2, -0.15) is 4.39 Å². The van der Waals surface area contributed by atoms with E-state index in [1.807, 2.05) is 13.0 Å². The van der Waals surface area contributed by atoms with E-state index in [0.717, 1.165) is 12.0 Å². The number of aromatic nitrogens is 2. The number of rotatable bonds is 1. The van der Waals surface area contributed by atoms with Gasteiger partial charge in [-0.1, -0.05) is 6.07 Å². The molecule has 112 valence electrons. The molecule has 0 spiro atoms. The number of aryl methyl sites for hydroxylation is 1. The number of halogens is 1. The number of imidazole rings is 1. The van der Waals surface area contributed by atoms with Crippen LogP contribution in [0.15, 0.2) is 18.3 Å². The van der Waals surface area contributed by atoms with Crippen LogP contribution in [0.25, 0.3) is 5.65 Å². The monoisotopic (exact) mass is 291 g/mol. The van der Waals surface area contributed by atoms with E-state index in [-0.39, 0.29) is 11.8 Å². The molecule has 0 aliphatic carbocycles.